The van der Waals surface area contributed by atoms with E-state index in [4.69, 9.17) is 10.5 Å². The Labute approximate surface area is 125 Å². The summed E-state index contributed by atoms with van der Waals surface area (Å²) < 4.78 is 7.82. The van der Waals surface area contributed by atoms with E-state index in [-0.39, 0.29) is 5.91 Å². The number of anilines is 1. The Bertz CT molecular complexity index is 488. The number of carbonyl (C=O) groups excluding carboxylic acids is 1. The van der Waals surface area contributed by atoms with Crippen LogP contribution < -0.4 is 11.1 Å². The molecule has 5 nitrogen and oxygen atoms in total. The average molecular weight is 291 g/mol. The fraction of sp³-hybridized carbons (Fsp3) is 0.688. The molecule has 2 aliphatic carbocycles. The molecular weight excluding hydrogens is 266 g/mol. The van der Waals surface area contributed by atoms with Crippen LogP contribution in [-0.2, 0) is 4.74 Å². The molecule has 2 fully saturated rings. The quantitative estimate of drug-likeness (QED) is 0.791. The van der Waals surface area contributed by atoms with Gasteiger partial charge in [0.2, 0.25) is 0 Å². The summed E-state index contributed by atoms with van der Waals surface area (Å²) >= 11 is 0. The maximum Gasteiger partial charge on any atom is 0.268 e. The third kappa shape index (κ3) is 3.79. The molecule has 5 heteroatoms. The summed E-state index contributed by atoms with van der Waals surface area (Å²) in [5.74, 6) is -0.0501. The van der Waals surface area contributed by atoms with Crippen molar-refractivity contribution in [2.24, 2.45) is 0 Å². The van der Waals surface area contributed by atoms with Crippen molar-refractivity contribution in [1.82, 2.24) is 9.88 Å². The monoisotopic (exact) mass is 291 g/mol. The van der Waals surface area contributed by atoms with Crippen LogP contribution in [0.5, 0.6) is 0 Å². The molecule has 0 aromatic carbocycles. The van der Waals surface area contributed by atoms with Crippen LogP contribution in [0.4, 0.5) is 5.69 Å². The number of nitrogens with two attached hydrogens (primary N) is 1. The van der Waals surface area contributed by atoms with E-state index in [0.717, 1.165) is 25.7 Å². The highest BCUT2D eigenvalue weighted by Crippen LogP contribution is 2.37. The standard InChI is InChI=1S/C16H25N3O2/c17-12-10-15(19(11-12)13-6-7-13)16(20)18-8-9-21-14-4-2-1-3-5-14/h10-11,13-14H,1-9,17H2,(H,18,20). The highest BCUT2D eigenvalue weighted by Gasteiger charge is 2.27. The minimum atomic E-state index is -0.0501. The summed E-state index contributed by atoms with van der Waals surface area (Å²) in [5, 5.41) is 2.93. The zero-order valence-electron chi connectivity index (χ0n) is 12.5. The molecule has 0 bridgehead atoms. The molecule has 0 atom stereocenters. The van der Waals surface area contributed by atoms with Gasteiger partial charge in [-0.15, -0.1) is 0 Å². The lowest BCUT2D eigenvalue weighted by Gasteiger charge is -2.22. The van der Waals surface area contributed by atoms with E-state index in [1.807, 2.05) is 10.8 Å². The van der Waals surface area contributed by atoms with Crippen molar-refractivity contribution in [3.63, 3.8) is 0 Å². The molecule has 21 heavy (non-hydrogen) atoms. The zero-order valence-corrected chi connectivity index (χ0v) is 12.5. The molecule has 2 aliphatic rings. The van der Waals surface area contributed by atoms with E-state index < -0.39 is 0 Å². The van der Waals surface area contributed by atoms with Crippen molar-refractivity contribution >= 4 is 11.6 Å². The Morgan fingerprint density at radius 1 is 1.29 bits per heavy atom. The first-order valence-electron chi connectivity index (χ1n) is 8.11. The number of nitrogen functional groups attached to an aromatic ring is 1. The highest BCUT2D eigenvalue weighted by atomic mass is 16.5. The fourth-order valence-corrected chi connectivity index (χ4v) is 3.05. The van der Waals surface area contributed by atoms with Gasteiger partial charge in [-0.3, -0.25) is 4.79 Å². The van der Waals surface area contributed by atoms with Crippen molar-refractivity contribution in [2.75, 3.05) is 18.9 Å². The van der Waals surface area contributed by atoms with E-state index >= 15 is 0 Å². The number of nitrogens with one attached hydrogen (secondary N) is 1. The minimum Gasteiger partial charge on any atom is -0.397 e. The van der Waals surface area contributed by atoms with Gasteiger partial charge >= 0.3 is 0 Å². The van der Waals surface area contributed by atoms with Gasteiger partial charge in [0, 0.05) is 18.8 Å². The molecule has 116 valence electrons. The Morgan fingerprint density at radius 3 is 2.76 bits per heavy atom. The van der Waals surface area contributed by atoms with E-state index in [1.165, 1.54) is 19.3 Å². The molecule has 3 N–H and O–H groups in total. The number of carbonyl (C=O) groups is 1. The molecular formula is C16H25N3O2. The molecule has 0 aliphatic heterocycles. The number of hydrogen-bond acceptors (Lipinski definition) is 3. The van der Waals surface area contributed by atoms with Gasteiger partial charge in [0.1, 0.15) is 5.69 Å². The first-order chi connectivity index (χ1) is 10.2. The molecule has 1 aromatic heterocycles. The van der Waals surface area contributed by atoms with Crippen molar-refractivity contribution < 1.29 is 9.53 Å². The summed E-state index contributed by atoms with van der Waals surface area (Å²) in [4.78, 5) is 12.2. The third-order valence-corrected chi connectivity index (χ3v) is 4.34. The normalized spacial score (nSPS) is 19.6. The molecule has 1 amide bonds. The van der Waals surface area contributed by atoms with Crippen LogP contribution in [0.3, 0.4) is 0 Å². The van der Waals surface area contributed by atoms with E-state index in [1.54, 1.807) is 6.07 Å². The smallest absolute Gasteiger partial charge is 0.268 e. The van der Waals surface area contributed by atoms with E-state index in [2.05, 4.69) is 5.32 Å². The van der Waals surface area contributed by atoms with Crippen molar-refractivity contribution in [2.45, 2.75) is 57.1 Å². The summed E-state index contributed by atoms with van der Waals surface area (Å²) in [7, 11) is 0. The largest absolute Gasteiger partial charge is 0.397 e. The molecule has 1 aromatic rings. The van der Waals surface area contributed by atoms with Gasteiger partial charge in [0.25, 0.3) is 5.91 Å². The highest BCUT2D eigenvalue weighted by molar-refractivity contribution is 5.93. The summed E-state index contributed by atoms with van der Waals surface area (Å²) in [6, 6.07) is 2.22. The van der Waals surface area contributed by atoms with Gasteiger partial charge in [0.15, 0.2) is 0 Å². The number of amides is 1. The first kappa shape index (κ1) is 14.4. The van der Waals surface area contributed by atoms with Gasteiger partial charge in [-0.2, -0.15) is 0 Å². The third-order valence-electron chi connectivity index (χ3n) is 4.34. The lowest BCUT2D eigenvalue weighted by Crippen LogP contribution is -2.30. The lowest BCUT2D eigenvalue weighted by molar-refractivity contribution is 0.0299. The van der Waals surface area contributed by atoms with E-state index in [9.17, 15) is 4.79 Å². The van der Waals surface area contributed by atoms with Crippen LogP contribution in [0, 0.1) is 0 Å². The number of ether oxygens (including phenoxy) is 1. The van der Waals surface area contributed by atoms with Crippen LogP contribution in [0.1, 0.15) is 61.5 Å². The number of aromatic nitrogens is 1. The zero-order chi connectivity index (χ0) is 14.7. The van der Waals surface area contributed by atoms with Gasteiger partial charge in [0.05, 0.1) is 18.4 Å². The second-order valence-electron chi connectivity index (χ2n) is 6.18. The fourth-order valence-electron chi connectivity index (χ4n) is 3.05. The molecule has 0 radical (unpaired) electrons. The maximum absolute atomic E-state index is 12.2. The van der Waals surface area contributed by atoms with Gasteiger partial charge in [-0.1, -0.05) is 19.3 Å². The summed E-state index contributed by atoms with van der Waals surface area (Å²) in [5.41, 5.74) is 7.14. The van der Waals surface area contributed by atoms with Crippen LogP contribution in [0.15, 0.2) is 12.3 Å². The van der Waals surface area contributed by atoms with Crippen LogP contribution in [0.2, 0.25) is 0 Å². The number of rotatable bonds is 6. The molecule has 2 saturated carbocycles. The second-order valence-corrected chi connectivity index (χ2v) is 6.18. The average Bonchev–Trinajstić information content (AvgIpc) is 3.27. The molecule has 3 rings (SSSR count). The predicted octanol–water partition coefficient (Wildman–Crippen LogP) is 2.48. The van der Waals surface area contributed by atoms with E-state index in [0.29, 0.717) is 36.7 Å². The van der Waals surface area contributed by atoms with Gasteiger partial charge in [-0.25, -0.2) is 0 Å². The van der Waals surface area contributed by atoms with Crippen molar-refractivity contribution in [3.05, 3.63) is 18.0 Å². The van der Waals surface area contributed by atoms with Crippen LogP contribution in [0.25, 0.3) is 0 Å². The number of hydrogen-bond donors (Lipinski definition) is 2. The van der Waals surface area contributed by atoms with Crippen molar-refractivity contribution in [3.8, 4) is 0 Å². The number of nitrogens with zero attached hydrogens (tertiary/aromatic N) is 1. The Kier molecular flexibility index (Phi) is 4.48. The molecule has 0 spiro atoms. The summed E-state index contributed by atoms with van der Waals surface area (Å²) in [6.07, 6.45) is 10.7. The Hall–Kier alpha value is -1.49. The predicted molar refractivity (Wildman–Crippen MR) is 82.3 cm³/mol. The van der Waals surface area contributed by atoms with Gasteiger partial charge < -0.3 is 20.4 Å². The lowest BCUT2D eigenvalue weighted by atomic mass is 9.98. The Morgan fingerprint density at radius 2 is 2.05 bits per heavy atom. The Balaban J connectivity index is 1.43. The maximum atomic E-state index is 12.2. The second kappa shape index (κ2) is 6.52. The minimum absolute atomic E-state index is 0.0501. The summed E-state index contributed by atoms with van der Waals surface area (Å²) in [6.45, 7) is 1.15. The first-order valence-corrected chi connectivity index (χ1v) is 8.11. The van der Waals surface area contributed by atoms with Crippen LogP contribution >= 0.6 is 0 Å². The molecule has 1 heterocycles. The van der Waals surface area contributed by atoms with Crippen LogP contribution in [-0.4, -0.2) is 29.7 Å². The molecule has 0 unspecified atom stereocenters. The topological polar surface area (TPSA) is 69.3 Å². The SMILES string of the molecule is Nc1cc(C(=O)NCCOC2CCCCC2)n(C2CC2)c1. The van der Waals surface area contributed by atoms with Crippen molar-refractivity contribution in [1.29, 1.82) is 0 Å². The molecule has 0 saturated heterocycles. The van der Waals surface area contributed by atoms with Gasteiger partial charge in [-0.05, 0) is 31.7 Å².